The molecule has 0 amide bonds. The Morgan fingerprint density at radius 2 is 2.40 bits per heavy atom. The van der Waals surface area contributed by atoms with E-state index in [-0.39, 0.29) is 0 Å². The van der Waals surface area contributed by atoms with Gasteiger partial charge in [-0.3, -0.25) is 0 Å². The van der Waals surface area contributed by atoms with E-state index in [1.807, 2.05) is 0 Å². The molecule has 10 heavy (non-hydrogen) atoms. The summed E-state index contributed by atoms with van der Waals surface area (Å²) >= 11 is 0. The predicted molar refractivity (Wildman–Crippen MR) is 37.2 cm³/mol. The van der Waals surface area contributed by atoms with Crippen molar-refractivity contribution in [2.24, 2.45) is 0 Å². The van der Waals surface area contributed by atoms with E-state index >= 15 is 0 Å². The van der Waals surface area contributed by atoms with Gasteiger partial charge >= 0.3 is 0 Å². The smallest absolute Gasteiger partial charge is 0.246 e. The Balaban J connectivity index is 2.92. The predicted octanol–water partition coefficient (Wildman–Crippen LogP) is -1.78. The number of fused-ring (bicyclic) bond motifs is 1. The van der Waals surface area contributed by atoms with Gasteiger partial charge in [0.1, 0.15) is 11.5 Å². The van der Waals surface area contributed by atoms with Crippen LogP contribution in [0.25, 0.3) is 12.3 Å². The van der Waals surface area contributed by atoms with E-state index in [2.05, 4.69) is 21.2 Å². The van der Waals surface area contributed by atoms with Gasteiger partial charge in [0.15, 0.2) is 5.35 Å². The number of hydrogen-bond acceptors (Lipinski definition) is 3. The Kier molecular flexibility index (Phi) is 1.07. The standard InChI is InChI=1S/C7H4N3/c1-2-8-5-7-6(1)9-3-4-10-7/h1-2,4-5H/q+1. The molecular formula is C7H4N3+. The number of rotatable bonds is 0. The van der Waals surface area contributed by atoms with Crippen LogP contribution in [0.1, 0.15) is 0 Å². The molecule has 1 aliphatic heterocycles. The van der Waals surface area contributed by atoms with Gasteiger partial charge < -0.3 is 0 Å². The third-order valence-corrected chi connectivity index (χ3v) is 1.22. The summed E-state index contributed by atoms with van der Waals surface area (Å²) in [6.45, 7) is 0. The van der Waals surface area contributed by atoms with Crippen molar-refractivity contribution >= 4 is 18.5 Å². The summed E-state index contributed by atoms with van der Waals surface area (Å²) in [5.74, 6) is 0. The van der Waals surface area contributed by atoms with Gasteiger partial charge in [-0.05, 0) is 0 Å². The highest BCUT2D eigenvalue weighted by molar-refractivity contribution is 5.91. The number of hydrogen-bond donors (Lipinski definition) is 0. The fraction of sp³-hybridized carbons (Fsp3) is 0. The van der Waals surface area contributed by atoms with E-state index in [4.69, 9.17) is 0 Å². The fourth-order valence-corrected chi connectivity index (χ4v) is 0.770. The topological polar surface area (TPSA) is 39.9 Å². The van der Waals surface area contributed by atoms with Crippen LogP contribution < -0.4 is 15.7 Å². The summed E-state index contributed by atoms with van der Waals surface area (Å²) in [5, 5.41) is 1.64. The van der Waals surface area contributed by atoms with Gasteiger partial charge in [0.25, 0.3) is 6.20 Å². The Labute approximate surface area is 57.5 Å². The molecule has 0 saturated heterocycles. The molecule has 0 aliphatic carbocycles. The van der Waals surface area contributed by atoms with Gasteiger partial charge in [-0.25, -0.2) is 9.97 Å². The average Bonchev–Trinajstić information content (AvgIpc) is 2.05. The van der Waals surface area contributed by atoms with Gasteiger partial charge in [-0.1, -0.05) is 0 Å². The van der Waals surface area contributed by atoms with Crippen molar-refractivity contribution in [1.82, 2.24) is 15.0 Å². The number of aliphatic imine (C=N–C) groups is 1. The normalized spacial score (nSPS) is 13.2. The SMILES string of the molecule is [c]1cnc2c(n1)=CC=[N+]C=2. The molecule has 3 nitrogen and oxygen atoms in total. The first kappa shape index (κ1) is 5.29. The quantitative estimate of drug-likeness (QED) is 0.416. The monoisotopic (exact) mass is 130 g/mol. The van der Waals surface area contributed by atoms with Gasteiger partial charge in [-0.15, -0.1) is 0 Å². The lowest BCUT2D eigenvalue weighted by atomic mass is 10.4. The molecule has 0 fully saturated rings. The van der Waals surface area contributed by atoms with Crippen molar-refractivity contribution in [3.05, 3.63) is 23.1 Å². The van der Waals surface area contributed by atoms with Crippen LogP contribution in [0.4, 0.5) is 0 Å². The highest BCUT2D eigenvalue weighted by atomic mass is 14.8. The molecule has 0 bridgehead atoms. The summed E-state index contributed by atoms with van der Waals surface area (Å²) in [5.41, 5.74) is 0. The molecule has 46 valence electrons. The third-order valence-electron chi connectivity index (χ3n) is 1.22. The van der Waals surface area contributed by atoms with Gasteiger partial charge in [0.05, 0.1) is 11.2 Å². The first-order chi connectivity index (χ1) is 4.97. The highest BCUT2D eigenvalue weighted by Gasteiger charge is 1.96. The number of aromatic nitrogens is 2. The van der Waals surface area contributed by atoms with Gasteiger partial charge in [-0.2, -0.15) is 0 Å². The molecule has 0 unspecified atom stereocenters. The van der Waals surface area contributed by atoms with Gasteiger partial charge in [0.2, 0.25) is 6.21 Å². The van der Waals surface area contributed by atoms with Gasteiger partial charge in [0, 0.05) is 6.08 Å². The van der Waals surface area contributed by atoms with Crippen LogP contribution in [-0.2, 0) is 0 Å². The van der Waals surface area contributed by atoms with Crippen LogP contribution in [0.5, 0.6) is 0 Å². The summed E-state index contributed by atoms with van der Waals surface area (Å²) in [4.78, 5) is 11.9. The molecule has 3 heteroatoms. The van der Waals surface area contributed by atoms with Crippen molar-refractivity contribution in [2.75, 3.05) is 0 Å². The summed E-state index contributed by atoms with van der Waals surface area (Å²) in [6.07, 6.45) is 9.34. The molecule has 1 aromatic heterocycles. The van der Waals surface area contributed by atoms with Crippen molar-refractivity contribution in [3.8, 4) is 0 Å². The minimum Gasteiger partial charge on any atom is -0.246 e. The maximum atomic E-state index is 4.00. The Bertz CT molecular complexity index is 341. The summed E-state index contributed by atoms with van der Waals surface area (Å²) in [6, 6.07) is 0. The Morgan fingerprint density at radius 1 is 1.40 bits per heavy atom. The van der Waals surface area contributed by atoms with E-state index in [0.29, 0.717) is 0 Å². The maximum Gasteiger partial charge on any atom is 0.269 e. The van der Waals surface area contributed by atoms with Crippen molar-refractivity contribution < 1.29 is 0 Å². The van der Waals surface area contributed by atoms with Crippen LogP contribution in [0.2, 0.25) is 0 Å². The minimum absolute atomic E-state index is 0.807. The molecule has 2 rings (SSSR count). The zero-order chi connectivity index (χ0) is 6.81. The van der Waals surface area contributed by atoms with E-state index in [1.165, 1.54) is 6.20 Å². The van der Waals surface area contributed by atoms with Crippen LogP contribution in [0, 0.1) is 6.20 Å². The van der Waals surface area contributed by atoms with Crippen molar-refractivity contribution in [3.63, 3.8) is 0 Å². The fourth-order valence-electron chi connectivity index (χ4n) is 0.770. The van der Waals surface area contributed by atoms with Crippen LogP contribution >= 0.6 is 0 Å². The second kappa shape index (κ2) is 2.02. The zero-order valence-corrected chi connectivity index (χ0v) is 5.15. The molecule has 1 aromatic rings. The van der Waals surface area contributed by atoms with E-state index < -0.39 is 0 Å². The van der Waals surface area contributed by atoms with Crippen LogP contribution in [-0.4, -0.2) is 16.2 Å². The molecular weight excluding hydrogens is 126 g/mol. The number of nitrogens with zero attached hydrogens (tertiary/aromatic N) is 3. The lowest BCUT2D eigenvalue weighted by Gasteiger charge is -1.81. The Morgan fingerprint density at radius 3 is 3.30 bits per heavy atom. The van der Waals surface area contributed by atoms with Crippen molar-refractivity contribution in [2.45, 2.75) is 0 Å². The third kappa shape index (κ3) is 0.719. The first-order valence-electron chi connectivity index (χ1n) is 2.89. The molecule has 0 saturated carbocycles. The second-order valence-electron chi connectivity index (χ2n) is 1.86. The largest absolute Gasteiger partial charge is 0.269 e. The van der Waals surface area contributed by atoms with Crippen LogP contribution in [0.3, 0.4) is 0 Å². The molecule has 1 aliphatic rings. The highest BCUT2D eigenvalue weighted by Crippen LogP contribution is 1.61. The lowest BCUT2D eigenvalue weighted by Crippen LogP contribution is -2.33. The lowest BCUT2D eigenvalue weighted by molar-refractivity contribution is 1.08. The molecule has 2 radical (unpaired) electrons. The Hall–Kier alpha value is -1.51. The molecule has 0 aromatic carbocycles. The van der Waals surface area contributed by atoms with E-state index in [1.54, 1.807) is 18.5 Å². The molecule has 0 spiro atoms. The first-order valence-corrected chi connectivity index (χ1v) is 2.89. The van der Waals surface area contributed by atoms with Crippen molar-refractivity contribution in [1.29, 1.82) is 0 Å². The molecule has 2 heterocycles. The zero-order valence-electron chi connectivity index (χ0n) is 5.15. The minimum atomic E-state index is 0.807. The summed E-state index contributed by atoms with van der Waals surface area (Å²) in [7, 11) is 0. The van der Waals surface area contributed by atoms with E-state index in [9.17, 15) is 0 Å². The molecule has 0 N–H and O–H groups in total. The maximum absolute atomic E-state index is 4.00. The van der Waals surface area contributed by atoms with E-state index in [0.717, 1.165) is 10.7 Å². The van der Waals surface area contributed by atoms with Crippen LogP contribution in [0.15, 0.2) is 6.20 Å². The summed E-state index contributed by atoms with van der Waals surface area (Å²) < 4.78 is 0. The second-order valence-corrected chi connectivity index (χ2v) is 1.86. The average molecular weight is 130 g/mol. The molecule has 0 atom stereocenters.